The highest BCUT2D eigenvalue weighted by molar-refractivity contribution is 5.80. The summed E-state index contributed by atoms with van der Waals surface area (Å²) in [6.45, 7) is 1.87. The monoisotopic (exact) mass is 361 g/mol. The maximum absolute atomic E-state index is 11.0. The predicted molar refractivity (Wildman–Crippen MR) is 103 cm³/mol. The minimum atomic E-state index is -0.425. The van der Waals surface area contributed by atoms with Gasteiger partial charge in [-0.2, -0.15) is 5.10 Å². The van der Waals surface area contributed by atoms with E-state index < -0.39 is 4.92 Å². The van der Waals surface area contributed by atoms with E-state index in [2.05, 4.69) is 20.5 Å². The van der Waals surface area contributed by atoms with E-state index in [-0.39, 0.29) is 5.69 Å². The number of para-hydroxylation sites is 2. The molecule has 8 heteroatoms. The van der Waals surface area contributed by atoms with Crippen LogP contribution in [-0.2, 0) is 0 Å². The average Bonchev–Trinajstić information content (AvgIpc) is 3.28. The summed E-state index contributed by atoms with van der Waals surface area (Å²) in [5.41, 5.74) is 6.16. The first-order valence-corrected chi connectivity index (χ1v) is 8.19. The molecule has 0 bridgehead atoms. The largest absolute Gasteiger partial charge is 0.455 e. The Balaban J connectivity index is 1.52. The van der Waals surface area contributed by atoms with Crippen molar-refractivity contribution in [2.24, 2.45) is 5.10 Å². The number of hydrogen-bond acceptors (Lipinski definition) is 6. The number of aromatic nitrogens is 2. The van der Waals surface area contributed by atoms with E-state index in [9.17, 15) is 10.1 Å². The fourth-order valence-electron chi connectivity index (χ4n) is 2.72. The minimum absolute atomic E-state index is 0.0220. The van der Waals surface area contributed by atoms with Gasteiger partial charge in [-0.3, -0.25) is 10.1 Å². The van der Waals surface area contributed by atoms with Crippen LogP contribution in [0.15, 0.2) is 64.1 Å². The van der Waals surface area contributed by atoms with Crippen LogP contribution in [0.4, 0.5) is 11.6 Å². The van der Waals surface area contributed by atoms with Gasteiger partial charge in [-0.15, -0.1) is 0 Å². The molecule has 0 fully saturated rings. The lowest BCUT2D eigenvalue weighted by molar-refractivity contribution is -0.384. The van der Waals surface area contributed by atoms with Gasteiger partial charge in [-0.05, 0) is 36.8 Å². The normalized spacial score (nSPS) is 11.3. The van der Waals surface area contributed by atoms with Crippen molar-refractivity contribution >= 4 is 28.9 Å². The number of fused-ring (bicyclic) bond motifs is 1. The number of aryl methyl sites for hydroxylation is 1. The molecule has 0 aliphatic heterocycles. The average molecular weight is 361 g/mol. The molecule has 0 amide bonds. The van der Waals surface area contributed by atoms with Gasteiger partial charge in [-0.25, -0.2) is 10.4 Å². The molecule has 0 atom stereocenters. The Morgan fingerprint density at radius 3 is 2.89 bits per heavy atom. The standard InChI is InChI=1S/C19H15N5O3/c1-12-6-7-13(24(25)26)10-15(12)18-9-8-14(27-18)11-20-23-19-21-16-4-2-3-5-17(16)22-19/h2-11H,1H3,(H2,21,22,23)/b20-11-. The number of imidazole rings is 1. The molecule has 0 radical (unpaired) electrons. The molecule has 4 aromatic rings. The molecule has 134 valence electrons. The number of aromatic amines is 1. The Morgan fingerprint density at radius 1 is 1.22 bits per heavy atom. The van der Waals surface area contributed by atoms with Crippen LogP contribution < -0.4 is 5.43 Å². The van der Waals surface area contributed by atoms with Crippen LogP contribution in [0.25, 0.3) is 22.4 Å². The van der Waals surface area contributed by atoms with Gasteiger partial charge in [0.25, 0.3) is 5.69 Å². The lowest BCUT2D eigenvalue weighted by atomic mass is 10.1. The number of anilines is 1. The summed E-state index contributed by atoms with van der Waals surface area (Å²) in [4.78, 5) is 18.0. The van der Waals surface area contributed by atoms with Gasteiger partial charge in [0.2, 0.25) is 5.95 Å². The topological polar surface area (TPSA) is 109 Å². The molecule has 2 heterocycles. The Morgan fingerprint density at radius 2 is 2.07 bits per heavy atom. The molecule has 8 nitrogen and oxygen atoms in total. The molecule has 0 unspecified atom stereocenters. The van der Waals surface area contributed by atoms with E-state index in [1.54, 1.807) is 18.2 Å². The smallest absolute Gasteiger partial charge is 0.270 e. The maximum Gasteiger partial charge on any atom is 0.270 e. The first-order valence-electron chi connectivity index (χ1n) is 8.19. The highest BCUT2D eigenvalue weighted by Crippen LogP contribution is 2.28. The van der Waals surface area contributed by atoms with E-state index in [4.69, 9.17) is 4.42 Å². The van der Waals surface area contributed by atoms with Gasteiger partial charge in [-0.1, -0.05) is 18.2 Å². The molecule has 2 aromatic carbocycles. The Labute approximate surface area is 153 Å². The SMILES string of the molecule is Cc1ccc([N+](=O)[O-])cc1-c1ccc(/C=N\Nc2nc3ccccc3[nH]2)o1. The van der Waals surface area contributed by atoms with Gasteiger partial charge in [0.1, 0.15) is 11.5 Å². The van der Waals surface area contributed by atoms with E-state index in [0.29, 0.717) is 23.0 Å². The third kappa shape index (κ3) is 3.40. The van der Waals surface area contributed by atoms with E-state index >= 15 is 0 Å². The fraction of sp³-hybridized carbons (Fsp3) is 0.0526. The summed E-state index contributed by atoms with van der Waals surface area (Å²) in [5.74, 6) is 1.58. The number of non-ortho nitro benzene ring substituents is 1. The number of benzene rings is 2. The second kappa shape index (κ2) is 6.75. The minimum Gasteiger partial charge on any atom is -0.455 e. The van der Waals surface area contributed by atoms with Crippen LogP contribution in [0.3, 0.4) is 0 Å². The first kappa shape index (κ1) is 16.5. The molecule has 0 aliphatic rings. The molecule has 0 aliphatic carbocycles. The molecule has 0 spiro atoms. The van der Waals surface area contributed by atoms with Crippen molar-refractivity contribution in [1.29, 1.82) is 0 Å². The lowest BCUT2D eigenvalue weighted by Gasteiger charge is -2.02. The van der Waals surface area contributed by atoms with E-state index in [1.165, 1.54) is 18.3 Å². The lowest BCUT2D eigenvalue weighted by Crippen LogP contribution is -1.91. The summed E-state index contributed by atoms with van der Waals surface area (Å²) in [7, 11) is 0. The third-order valence-corrected chi connectivity index (χ3v) is 4.08. The van der Waals surface area contributed by atoms with Gasteiger partial charge in [0, 0.05) is 17.7 Å². The highest BCUT2D eigenvalue weighted by Gasteiger charge is 2.13. The summed E-state index contributed by atoms with van der Waals surface area (Å²) in [6, 6.07) is 15.9. The van der Waals surface area contributed by atoms with Crippen LogP contribution in [-0.4, -0.2) is 21.1 Å². The van der Waals surface area contributed by atoms with Gasteiger partial charge in [0.15, 0.2) is 0 Å². The Bertz CT molecular complexity index is 1130. The number of nitrogens with zero attached hydrogens (tertiary/aromatic N) is 3. The maximum atomic E-state index is 11.0. The second-order valence-corrected chi connectivity index (χ2v) is 5.93. The van der Waals surface area contributed by atoms with Crippen molar-refractivity contribution in [2.75, 3.05) is 5.43 Å². The van der Waals surface area contributed by atoms with E-state index in [0.717, 1.165) is 16.6 Å². The molecule has 2 aromatic heterocycles. The number of nitrogens with one attached hydrogen (secondary N) is 2. The fourth-order valence-corrected chi connectivity index (χ4v) is 2.72. The van der Waals surface area contributed by atoms with Crippen molar-refractivity contribution < 1.29 is 9.34 Å². The molecular formula is C19H15N5O3. The summed E-state index contributed by atoms with van der Waals surface area (Å²) >= 11 is 0. The van der Waals surface area contributed by atoms with E-state index in [1.807, 2.05) is 31.2 Å². The van der Waals surface area contributed by atoms with Crippen LogP contribution in [0, 0.1) is 17.0 Å². The van der Waals surface area contributed by atoms with Gasteiger partial charge < -0.3 is 9.40 Å². The number of rotatable bonds is 5. The van der Waals surface area contributed by atoms with Crippen LogP contribution >= 0.6 is 0 Å². The Kier molecular flexibility index (Phi) is 4.13. The Hall–Kier alpha value is -3.94. The van der Waals surface area contributed by atoms with Crippen molar-refractivity contribution in [1.82, 2.24) is 9.97 Å². The predicted octanol–water partition coefficient (Wildman–Crippen LogP) is 4.49. The zero-order chi connectivity index (χ0) is 18.8. The van der Waals surface area contributed by atoms with Crippen LogP contribution in [0.1, 0.15) is 11.3 Å². The van der Waals surface area contributed by atoms with Gasteiger partial charge in [0.05, 0.1) is 22.2 Å². The van der Waals surface area contributed by atoms with Crippen molar-refractivity contribution in [3.63, 3.8) is 0 Å². The summed E-state index contributed by atoms with van der Waals surface area (Å²) in [6.07, 6.45) is 1.52. The molecule has 27 heavy (non-hydrogen) atoms. The van der Waals surface area contributed by atoms with Crippen molar-refractivity contribution in [3.05, 3.63) is 76.0 Å². The number of furan rings is 1. The molecular weight excluding hydrogens is 346 g/mol. The molecule has 0 saturated heterocycles. The van der Waals surface area contributed by atoms with Crippen LogP contribution in [0.2, 0.25) is 0 Å². The third-order valence-electron chi connectivity index (χ3n) is 4.08. The molecule has 4 rings (SSSR count). The van der Waals surface area contributed by atoms with Crippen molar-refractivity contribution in [3.8, 4) is 11.3 Å². The number of nitro benzene ring substituents is 1. The summed E-state index contributed by atoms with van der Waals surface area (Å²) in [5, 5.41) is 15.1. The quantitative estimate of drug-likeness (QED) is 0.309. The highest BCUT2D eigenvalue weighted by atomic mass is 16.6. The zero-order valence-electron chi connectivity index (χ0n) is 14.3. The van der Waals surface area contributed by atoms with Crippen molar-refractivity contribution in [2.45, 2.75) is 6.92 Å². The number of hydrogen-bond donors (Lipinski definition) is 2. The number of H-pyrrole nitrogens is 1. The number of nitro groups is 1. The molecule has 2 N–H and O–H groups in total. The summed E-state index contributed by atoms with van der Waals surface area (Å²) < 4.78 is 5.74. The zero-order valence-corrected chi connectivity index (χ0v) is 14.3. The van der Waals surface area contributed by atoms with Crippen LogP contribution in [0.5, 0.6) is 0 Å². The molecule has 0 saturated carbocycles. The first-order chi connectivity index (χ1) is 13.1. The number of hydrazone groups is 1. The second-order valence-electron chi connectivity index (χ2n) is 5.93. The van der Waals surface area contributed by atoms with Gasteiger partial charge >= 0.3 is 0 Å².